The van der Waals surface area contributed by atoms with Crippen LogP contribution in [0.25, 0.3) is 0 Å². The summed E-state index contributed by atoms with van der Waals surface area (Å²) in [6.07, 6.45) is 9.09. The number of hydrogen-bond donors (Lipinski definition) is 2. The lowest BCUT2D eigenvalue weighted by Gasteiger charge is -2.26. The zero-order valence-electron chi connectivity index (χ0n) is 16.2. The number of nitrogens with zero attached hydrogens (tertiary/aromatic N) is 2. The fourth-order valence-electron chi connectivity index (χ4n) is 3.17. The van der Waals surface area contributed by atoms with Crippen LogP contribution >= 0.6 is 0 Å². The minimum absolute atomic E-state index is 0.250. The molecule has 0 spiro atoms. The standard InChI is InChI=1S/C16H24N2O2.C2H6FN.CH3NO/c1-2-15(6-11-19-10-1)18-9-5-16(12-18)20-13-14-3-7-17-8-4-14;1-2-4-3;2-1-3/h3-4,7-8,15-16H,1-2,5-6,9-13H2;4H,2H2,1H3;1H,(H2,2,3). The van der Waals surface area contributed by atoms with E-state index in [1.165, 1.54) is 36.9 Å². The third-order valence-electron chi connectivity index (χ3n) is 4.48. The molecule has 2 unspecified atom stereocenters. The molecule has 3 N–H and O–H groups in total. The number of amides is 1. The molecule has 2 fully saturated rings. The fraction of sp³-hybridized carbons (Fsp3) is 0.684. The SMILES string of the molecule is CCNF.NC=O.c1cc(COC2CCN(C3CCCOCC3)C2)ccn1. The summed E-state index contributed by atoms with van der Waals surface area (Å²) in [5, 5.41) is 0. The monoisotopic (exact) mass is 384 g/mol. The molecule has 1 aromatic heterocycles. The van der Waals surface area contributed by atoms with E-state index in [1.54, 1.807) is 6.92 Å². The molecule has 2 atom stereocenters. The molecular formula is C19H33FN4O3. The highest BCUT2D eigenvalue weighted by Gasteiger charge is 2.29. The Bertz CT molecular complexity index is 471. The predicted octanol–water partition coefficient (Wildman–Crippen LogP) is 1.82. The number of halogens is 1. The summed E-state index contributed by atoms with van der Waals surface area (Å²) in [4.78, 5) is 15.2. The molecule has 1 aromatic rings. The van der Waals surface area contributed by atoms with E-state index in [0.717, 1.165) is 26.2 Å². The van der Waals surface area contributed by atoms with Gasteiger partial charge in [-0.3, -0.25) is 14.7 Å². The van der Waals surface area contributed by atoms with E-state index in [1.807, 2.05) is 24.5 Å². The number of nitrogens with one attached hydrogen (secondary N) is 1. The molecule has 1 amide bonds. The topological polar surface area (TPSA) is 89.7 Å². The summed E-state index contributed by atoms with van der Waals surface area (Å²) in [5.74, 6) is 0. The highest BCUT2D eigenvalue weighted by atomic mass is 19.2. The Labute approximate surface area is 161 Å². The number of nitrogens with two attached hydrogens (primary N) is 1. The van der Waals surface area contributed by atoms with Crippen molar-refractivity contribution in [1.82, 2.24) is 15.4 Å². The van der Waals surface area contributed by atoms with Crippen molar-refractivity contribution in [3.8, 4) is 0 Å². The molecule has 2 saturated heterocycles. The van der Waals surface area contributed by atoms with Crippen LogP contribution < -0.4 is 11.3 Å². The molecule has 2 aliphatic rings. The quantitative estimate of drug-likeness (QED) is 0.595. The van der Waals surface area contributed by atoms with Crippen LogP contribution in [0.2, 0.25) is 0 Å². The first-order valence-electron chi connectivity index (χ1n) is 9.56. The van der Waals surface area contributed by atoms with Crippen molar-refractivity contribution in [2.75, 3.05) is 32.8 Å². The lowest BCUT2D eigenvalue weighted by molar-refractivity contribution is -0.106. The van der Waals surface area contributed by atoms with Crippen molar-refractivity contribution in [3.63, 3.8) is 0 Å². The van der Waals surface area contributed by atoms with Crippen molar-refractivity contribution < 1.29 is 18.7 Å². The molecule has 0 bridgehead atoms. The van der Waals surface area contributed by atoms with Crippen LogP contribution in [0, 0.1) is 0 Å². The molecule has 2 aliphatic heterocycles. The largest absolute Gasteiger partial charge is 0.381 e. The van der Waals surface area contributed by atoms with Gasteiger partial charge in [-0.2, -0.15) is 5.54 Å². The highest BCUT2D eigenvalue weighted by Crippen LogP contribution is 2.22. The van der Waals surface area contributed by atoms with E-state index in [-0.39, 0.29) is 6.41 Å². The van der Waals surface area contributed by atoms with E-state index in [9.17, 15) is 4.48 Å². The second-order valence-electron chi connectivity index (χ2n) is 6.39. The van der Waals surface area contributed by atoms with Crippen molar-refractivity contribution in [2.45, 2.75) is 51.4 Å². The van der Waals surface area contributed by atoms with Crippen LogP contribution in [-0.2, 0) is 20.9 Å². The summed E-state index contributed by atoms with van der Waals surface area (Å²) in [6, 6.07) is 4.75. The second kappa shape index (κ2) is 15.4. The summed E-state index contributed by atoms with van der Waals surface area (Å²) < 4.78 is 22.1. The third-order valence-corrected chi connectivity index (χ3v) is 4.48. The molecule has 0 aromatic carbocycles. The number of likely N-dealkylation sites (tertiary alicyclic amines) is 1. The number of primary amides is 1. The van der Waals surface area contributed by atoms with Crippen LogP contribution in [0.5, 0.6) is 0 Å². The number of ether oxygens (including phenoxy) is 2. The number of aromatic nitrogens is 1. The summed E-state index contributed by atoms with van der Waals surface area (Å²) in [6.45, 7) is 6.91. The molecular weight excluding hydrogens is 351 g/mol. The lowest BCUT2D eigenvalue weighted by atomic mass is 10.1. The third kappa shape index (κ3) is 10.3. The average molecular weight is 384 g/mol. The smallest absolute Gasteiger partial charge is 0.204 e. The summed E-state index contributed by atoms with van der Waals surface area (Å²) in [5.41, 5.74) is 6.81. The molecule has 7 nitrogen and oxygen atoms in total. The maximum Gasteiger partial charge on any atom is 0.204 e. The Hall–Kier alpha value is -1.61. The van der Waals surface area contributed by atoms with Crippen molar-refractivity contribution in [2.24, 2.45) is 5.73 Å². The summed E-state index contributed by atoms with van der Waals surface area (Å²) >= 11 is 0. The first kappa shape index (κ1) is 23.4. The van der Waals surface area contributed by atoms with Crippen LogP contribution in [0.3, 0.4) is 0 Å². The Balaban J connectivity index is 0.000000453. The maximum absolute atomic E-state index is 10.5. The van der Waals surface area contributed by atoms with Gasteiger partial charge in [-0.15, -0.1) is 4.48 Å². The van der Waals surface area contributed by atoms with Gasteiger partial charge in [0.25, 0.3) is 0 Å². The number of carbonyl (C=O) groups excluding carboxylic acids is 1. The van der Waals surface area contributed by atoms with Gasteiger partial charge in [0, 0.05) is 51.3 Å². The van der Waals surface area contributed by atoms with Gasteiger partial charge in [-0.05, 0) is 43.4 Å². The van der Waals surface area contributed by atoms with E-state index < -0.39 is 0 Å². The Morgan fingerprint density at radius 1 is 1.37 bits per heavy atom. The average Bonchev–Trinajstić information content (AvgIpc) is 3.01. The van der Waals surface area contributed by atoms with Crippen LogP contribution in [0.15, 0.2) is 24.5 Å². The molecule has 0 saturated carbocycles. The number of rotatable bonds is 5. The maximum atomic E-state index is 10.5. The van der Waals surface area contributed by atoms with E-state index >= 15 is 0 Å². The van der Waals surface area contributed by atoms with Gasteiger partial charge < -0.3 is 15.2 Å². The number of hydrogen-bond acceptors (Lipinski definition) is 6. The Morgan fingerprint density at radius 3 is 2.74 bits per heavy atom. The molecule has 0 aliphatic carbocycles. The van der Waals surface area contributed by atoms with Gasteiger partial charge in [-0.25, -0.2) is 0 Å². The van der Waals surface area contributed by atoms with Gasteiger partial charge >= 0.3 is 0 Å². The van der Waals surface area contributed by atoms with Crippen LogP contribution in [-0.4, -0.2) is 61.3 Å². The normalized spacial score (nSPS) is 22.6. The highest BCUT2D eigenvalue weighted by molar-refractivity contribution is 5.42. The fourth-order valence-corrected chi connectivity index (χ4v) is 3.17. The van der Waals surface area contributed by atoms with Crippen molar-refractivity contribution in [3.05, 3.63) is 30.1 Å². The number of pyridine rings is 1. The lowest BCUT2D eigenvalue weighted by Crippen LogP contribution is -2.34. The molecule has 3 rings (SSSR count). The Kier molecular flexibility index (Phi) is 13.4. The first-order chi connectivity index (χ1) is 13.2. The first-order valence-corrected chi connectivity index (χ1v) is 9.56. The zero-order valence-corrected chi connectivity index (χ0v) is 16.2. The molecule has 8 heteroatoms. The second-order valence-corrected chi connectivity index (χ2v) is 6.39. The van der Waals surface area contributed by atoms with Gasteiger partial charge in [0.15, 0.2) is 0 Å². The molecule has 3 heterocycles. The predicted molar refractivity (Wildman–Crippen MR) is 102 cm³/mol. The van der Waals surface area contributed by atoms with Crippen molar-refractivity contribution in [1.29, 1.82) is 0 Å². The Morgan fingerprint density at radius 2 is 2.07 bits per heavy atom. The van der Waals surface area contributed by atoms with Crippen LogP contribution in [0.4, 0.5) is 4.48 Å². The van der Waals surface area contributed by atoms with Crippen molar-refractivity contribution >= 4 is 6.41 Å². The van der Waals surface area contributed by atoms with E-state index in [0.29, 0.717) is 25.3 Å². The van der Waals surface area contributed by atoms with Gasteiger partial charge in [0.2, 0.25) is 6.41 Å². The molecule has 0 radical (unpaired) electrons. The number of carbonyl (C=O) groups is 1. The van der Waals surface area contributed by atoms with Gasteiger partial charge in [0.05, 0.1) is 12.7 Å². The minimum atomic E-state index is 0.250. The minimum Gasteiger partial charge on any atom is -0.381 e. The molecule has 27 heavy (non-hydrogen) atoms. The zero-order chi connectivity index (χ0) is 19.7. The van der Waals surface area contributed by atoms with Crippen LogP contribution in [0.1, 0.15) is 38.2 Å². The van der Waals surface area contributed by atoms with Gasteiger partial charge in [0.1, 0.15) is 0 Å². The van der Waals surface area contributed by atoms with E-state index in [4.69, 9.17) is 14.3 Å². The van der Waals surface area contributed by atoms with E-state index in [2.05, 4.69) is 15.6 Å². The molecule has 154 valence electrons. The summed E-state index contributed by atoms with van der Waals surface area (Å²) in [7, 11) is 0. The van der Waals surface area contributed by atoms with Gasteiger partial charge in [-0.1, -0.05) is 6.92 Å².